The lowest BCUT2D eigenvalue weighted by Crippen LogP contribution is -2.59. The van der Waals surface area contributed by atoms with Crippen LogP contribution in [0.3, 0.4) is 0 Å². The molecule has 12 heteroatoms. The van der Waals surface area contributed by atoms with E-state index in [0.29, 0.717) is 12.8 Å². The van der Waals surface area contributed by atoms with Crippen molar-refractivity contribution in [1.29, 1.82) is 0 Å². The van der Waals surface area contributed by atoms with E-state index in [4.69, 9.17) is 28.0 Å². The molecule has 0 aromatic heterocycles. The fraction of sp³-hybridized carbons (Fsp3) is 0.695. The van der Waals surface area contributed by atoms with Crippen molar-refractivity contribution in [1.82, 2.24) is 0 Å². The minimum atomic E-state index is -5.03. The fourth-order valence-corrected chi connectivity index (χ4v) is 10.4. The van der Waals surface area contributed by atoms with E-state index in [2.05, 4.69) is 27.0 Å². The normalized spacial score (nSPS) is 20.2. The van der Waals surface area contributed by atoms with Gasteiger partial charge in [0.2, 0.25) is 0 Å². The molecule has 2 aromatic carbocycles. The number of esters is 2. The van der Waals surface area contributed by atoms with Crippen LogP contribution >= 0.6 is 7.82 Å². The van der Waals surface area contributed by atoms with Crippen molar-refractivity contribution in [2.24, 2.45) is 11.8 Å². The number of rotatable bonds is 44. The summed E-state index contributed by atoms with van der Waals surface area (Å²) < 4.78 is 49.4. The Kier molecular flexibility index (Phi) is 34.4. The summed E-state index contributed by atoms with van der Waals surface area (Å²) in [6, 6.07) is 18.9. The summed E-state index contributed by atoms with van der Waals surface area (Å²) in [6.45, 7) is 11.9. The Morgan fingerprint density at radius 3 is 1.35 bits per heavy atom. The predicted molar refractivity (Wildman–Crippen MR) is 286 cm³/mol. The minimum Gasteiger partial charge on any atom is -0.462 e. The molecule has 2 N–H and O–H groups in total. The van der Waals surface area contributed by atoms with E-state index in [0.717, 1.165) is 49.7 Å². The first-order chi connectivity index (χ1) is 34.6. The number of carbonyl (C=O) groups excluding carboxylic acids is 2. The van der Waals surface area contributed by atoms with Crippen LogP contribution in [0.25, 0.3) is 0 Å². The van der Waals surface area contributed by atoms with Gasteiger partial charge in [0.25, 0.3) is 0 Å². The first-order valence-corrected chi connectivity index (χ1v) is 29.4. The molecule has 0 saturated heterocycles. The summed E-state index contributed by atoms with van der Waals surface area (Å²) in [6.07, 6.45) is 28.5. The van der Waals surface area contributed by atoms with Gasteiger partial charge in [-0.05, 0) is 24.0 Å². The quantitative estimate of drug-likeness (QED) is 0.0283. The first kappa shape index (κ1) is 62.1. The number of phosphoric ester groups is 1. The molecule has 0 radical (unpaired) electrons. The molecule has 0 heterocycles. The summed E-state index contributed by atoms with van der Waals surface area (Å²) >= 11 is 0. The number of aliphatic hydroxyl groups excluding tert-OH is 1. The number of ether oxygens (including phenoxy) is 4. The van der Waals surface area contributed by atoms with Gasteiger partial charge >= 0.3 is 19.8 Å². The molecule has 7 unspecified atom stereocenters. The Hall–Kier alpha value is -3.15. The maximum absolute atomic E-state index is 14.0. The molecule has 0 bridgehead atoms. The van der Waals surface area contributed by atoms with Crippen LogP contribution in [0.15, 0.2) is 86.0 Å². The van der Waals surface area contributed by atoms with E-state index in [1.54, 1.807) is 12.2 Å². The Bertz CT molecular complexity index is 1710. The van der Waals surface area contributed by atoms with Gasteiger partial charge in [0.1, 0.15) is 18.8 Å². The van der Waals surface area contributed by atoms with Crippen LogP contribution in [-0.4, -0.2) is 65.7 Å². The van der Waals surface area contributed by atoms with E-state index in [1.807, 2.05) is 60.7 Å². The van der Waals surface area contributed by atoms with Gasteiger partial charge in [0.05, 0.1) is 32.0 Å². The number of benzene rings is 2. The Morgan fingerprint density at radius 2 is 0.930 bits per heavy atom. The van der Waals surface area contributed by atoms with E-state index < -0.39 is 68.7 Å². The number of aliphatic hydroxyl groups is 1. The first-order valence-electron chi connectivity index (χ1n) is 27.9. The molecule has 71 heavy (non-hydrogen) atoms. The van der Waals surface area contributed by atoms with Crippen molar-refractivity contribution in [3.63, 3.8) is 0 Å². The zero-order valence-corrected chi connectivity index (χ0v) is 44.9. The lowest BCUT2D eigenvalue weighted by atomic mass is 9.72. The third kappa shape index (κ3) is 27.6. The average molecular weight is 1010 g/mol. The van der Waals surface area contributed by atoms with Gasteiger partial charge in [-0.15, -0.1) is 13.2 Å². The van der Waals surface area contributed by atoms with Crippen LogP contribution < -0.4 is 0 Å². The zero-order chi connectivity index (χ0) is 51.2. The molecular formula is C59H95O11P. The van der Waals surface area contributed by atoms with E-state index >= 15 is 0 Å². The highest BCUT2D eigenvalue weighted by atomic mass is 31.2. The predicted octanol–water partition coefficient (Wildman–Crippen LogP) is 15.1. The van der Waals surface area contributed by atoms with Gasteiger partial charge < -0.3 is 28.9 Å². The van der Waals surface area contributed by atoms with Crippen LogP contribution in [0.1, 0.15) is 205 Å². The van der Waals surface area contributed by atoms with Crippen molar-refractivity contribution < 1.29 is 52.1 Å². The Labute approximate surface area is 429 Å². The molecule has 402 valence electrons. The van der Waals surface area contributed by atoms with Gasteiger partial charge in [-0.3, -0.25) is 18.6 Å². The molecule has 11 nitrogen and oxygen atoms in total. The van der Waals surface area contributed by atoms with Crippen molar-refractivity contribution in [2.75, 3.05) is 13.2 Å². The van der Waals surface area contributed by atoms with E-state index in [9.17, 15) is 24.2 Å². The highest BCUT2D eigenvalue weighted by molar-refractivity contribution is 7.47. The van der Waals surface area contributed by atoms with Gasteiger partial charge in [0, 0.05) is 24.7 Å². The topological polar surface area (TPSA) is 147 Å². The Morgan fingerprint density at radius 1 is 0.549 bits per heavy atom. The number of carbonyl (C=O) groups is 2. The highest BCUT2D eigenvalue weighted by Crippen LogP contribution is 2.50. The maximum Gasteiger partial charge on any atom is 0.472 e. The van der Waals surface area contributed by atoms with Crippen LogP contribution in [-0.2, 0) is 55.4 Å². The smallest absolute Gasteiger partial charge is 0.462 e. The minimum absolute atomic E-state index is 0.111. The monoisotopic (exact) mass is 1010 g/mol. The number of hydrogen-bond donors (Lipinski definition) is 2. The second-order valence-electron chi connectivity index (χ2n) is 19.8. The summed E-state index contributed by atoms with van der Waals surface area (Å²) in [5.74, 6) is -2.01. The largest absolute Gasteiger partial charge is 0.472 e. The summed E-state index contributed by atoms with van der Waals surface area (Å²) in [4.78, 5) is 37.5. The fourth-order valence-electron chi connectivity index (χ4n) is 9.47. The van der Waals surface area contributed by atoms with Gasteiger partial charge in [-0.25, -0.2) is 4.57 Å². The standard InChI is InChI=1S/C59H95O11P/c1-5-9-11-13-15-17-19-21-23-25-27-29-37-43-54(60)65-47-51(69-55(61)44-38-30-28-26-24-22-20-18-16-14-12-10-6-2)48-68-71(63,64)70-59-56(62)57(66-45-49-39-33-31-34-40-49)52(7-3)53(8-4)58(59)67-46-50-41-35-32-36-42-50/h7-8,31-36,39-42,51-53,56-59,62H,3-6,9-30,37-38,43-48H2,1-2H3,(H,63,64)/t51-,52?,53?,56?,57?,58?,59?/m0/s1. The molecule has 1 saturated carbocycles. The van der Waals surface area contributed by atoms with E-state index in [-0.39, 0.29) is 32.7 Å². The molecule has 2 aromatic rings. The second-order valence-corrected chi connectivity index (χ2v) is 21.2. The second kappa shape index (κ2) is 39.3. The molecule has 8 atom stereocenters. The molecule has 1 fully saturated rings. The van der Waals surface area contributed by atoms with Crippen LogP contribution in [0.2, 0.25) is 0 Å². The lowest BCUT2D eigenvalue weighted by Gasteiger charge is -2.47. The third-order valence-corrected chi connectivity index (χ3v) is 14.7. The molecule has 1 aliphatic rings. The SMILES string of the molecule is C=CC1C(C=C)C(OCc2ccccc2)C(OP(=O)(O)OC[C@H](COC(=O)CCCCCCCCCCCCCCC)OC(=O)CCCCCCCCCCCCCCC)C(O)C1OCc1ccccc1. The summed E-state index contributed by atoms with van der Waals surface area (Å²) in [5.41, 5.74) is 1.71. The van der Waals surface area contributed by atoms with Gasteiger partial charge in [-0.2, -0.15) is 0 Å². The number of unbranched alkanes of at least 4 members (excludes halogenated alkanes) is 24. The third-order valence-electron chi connectivity index (χ3n) is 13.7. The van der Waals surface area contributed by atoms with Gasteiger partial charge in [-0.1, -0.05) is 241 Å². The van der Waals surface area contributed by atoms with Crippen molar-refractivity contribution in [2.45, 2.75) is 237 Å². The van der Waals surface area contributed by atoms with Crippen LogP contribution in [0.4, 0.5) is 0 Å². The summed E-state index contributed by atoms with van der Waals surface area (Å²) in [5, 5.41) is 12.0. The molecular weight excluding hydrogens is 916 g/mol. The maximum atomic E-state index is 14.0. The Balaban J connectivity index is 1.60. The highest BCUT2D eigenvalue weighted by Gasteiger charge is 2.52. The number of phosphoric acid groups is 1. The summed E-state index contributed by atoms with van der Waals surface area (Å²) in [7, 11) is -5.03. The molecule has 0 amide bonds. The number of hydrogen-bond acceptors (Lipinski definition) is 10. The molecule has 3 rings (SSSR count). The van der Waals surface area contributed by atoms with Crippen molar-refractivity contribution >= 4 is 19.8 Å². The van der Waals surface area contributed by atoms with Crippen molar-refractivity contribution in [3.05, 3.63) is 97.1 Å². The molecule has 0 aliphatic heterocycles. The van der Waals surface area contributed by atoms with E-state index in [1.165, 1.54) is 116 Å². The van der Waals surface area contributed by atoms with Crippen LogP contribution in [0, 0.1) is 11.8 Å². The van der Waals surface area contributed by atoms with Crippen LogP contribution in [0.5, 0.6) is 0 Å². The van der Waals surface area contributed by atoms with Crippen molar-refractivity contribution in [3.8, 4) is 0 Å². The molecule has 0 spiro atoms. The average Bonchev–Trinajstić information content (AvgIpc) is 3.37. The van der Waals surface area contributed by atoms with Gasteiger partial charge in [0.15, 0.2) is 6.10 Å². The zero-order valence-electron chi connectivity index (χ0n) is 44.0. The molecule has 1 aliphatic carbocycles. The lowest BCUT2D eigenvalue weighted by molar-refractivity contribution is -0.198.